The Labute approximate surface area is 57.9 Å². The van der Waals surface area contributed by atoms with E-state index in [0.717, 1.165) is 0 Å². The van der Waals surface area contributed by atoms with E-state index in [1.165, 1.54) is 0 Å². The smallest absolute Gasteiger partial charge is 0.137 e. The van der Waals surface area contributed by atoms with Crippen LogP contribution in [0.25, 0.3) is 0 Å². The Morgan fingerprint density at radius 1 is 1.44 bits per heavy atom. The maximum atomic E-state index is 9.23. The number of aliphatic hydroxyl groups is 1. The lowest BCUT2D eigenvalue weighted by Crippen LogP contribution is -2.40. The molecule has 0 heterocycles. The normalized spacial score (nSPS) is 15.7. The van der Waals surface area contributed by atoms with Gasteiger partial charge in [-0.05, 0) is 6.92 Å². The van der Waals surface area contributed by atoms with Crippen LogP contribution in [0.15, 0.2) is 0 Å². The van der Waals surface area contributed by atoms with Gasteiger partial charge in [-0.3, -0.25) is 0 Å². The van der Waals surface area contributed by atoms with Crippen LogP contribution in [-0.4, -0.2) is 25.7 Å². The fourth-order valence-corrected chi connectivity index (χ4v) is 1.07. The molecule has 1 unspecified atom stereocenters. The van der Waals surface area contributed by atoms with Gasteiger partial charge in [0.1, 0.15) is 14.0 Å². The van der Waals surface area contributed by atoms with Crippen LogP contribution >= 0.6 is 0 Å². The summed E-state index contributed by atoms with van der Waals surface area (Å²) < 4.78 is 5.02. The van der Waals surface area contributed by atoms with Gasteiger partial charge in [0.25, 0.3) is 0 Å². The lowest BCUT2D eigenvalue weighted by Gasteiger charge is -2.22. The molecule has 0 aliphatic rings. The second kappa shape index (κ2) is 3.34. The molecule has 0 aromatic carbocycles. The lowest BCUT2D eigenvalue weighted by molar-refractivity contribution is -0.0415. The van der Waals surface area contributed by atoms with Crippen LogP contribution in [0.2, 0.25) is 19.6 Å². The quantitative estimate of drug-likeness (QED) is 0.481. The fourth-order valence-electron chi connectivity index (χ4n) is 0.408. The van der Waals surface area contributed by atoms with Crippen molar-refractivity contribution in [1.82, 2.24) is 0 Å². The van der Waals surface area contributed by atoms with Gasteiger partial charge >= 0.3 is 0 Å². The zero-order valence-corrected chi connectivity index (χ0v) is 7.64. The number of aliphatic hydroxyl groups excluding tert-OH is 1. The van der Waals surface area contributed by atoms with Gasteiger partial charge in [0.15, 0.2) is 0 Å². The summed E-state index contributed by atoms with van der Waals surface area (Å²) >= 11 is 0. The van der Waals surface area contributed by atoms with Crippen LogP contribution in [0, 0.1) is 0 Å². The standard InChI is InChI=1S/C6H16O2Si/c1-5-8-6(7)9(2,3)4/h6-7H,5H2,1-4H3. The molecule has 0 radical (unpaired) electrons. The van der Waals surface area contributed by atoms with E-state index in [2.05, 4.69) is 19.6 Å². The number of rotatable bonds is 3. The van der Waals surface area contributed by atoms with Crippen LogP contribution < -0.4 is 0 Å². The number of ether oxygens (including phenoxy) is 1. The highest BCUT2D eigenvalue weighted by atomic mass is 28.3. The summed E-state index contributed by atoms with van der Waals surface area (Å²) in [5, 5.41) is 9.23. The molecule has 0 fully saturated rings. The first-order valence-electron chi connectivity index (χ1n) is 3.28. The summed E-state index contributed by atoms with van der Waals surface area (Å²) in [7, 11) is -1.45. The van der Waals surface area contributed by atoms with Crippen molar-refractivity contribution >= 4 is 8.07 Å². The summed E-state index contributed by atoms with van der Waals surface area (Å²) in [5.74, 6) is -0.498. The second-order valence-electron chi connectivity index (χ2n) is 3.17. The molecule has 1 atom stereocenters. The Kier molecular flexibility index (Phi) is 3.39. The van der Waals surface area contributed by atoms with Crippen LogP contribution in [0.4, 0.5) is 0 Å². The molecule has 3 heteroatoms. The van der Waals surface area contributed by atoms with Gasteiger partial charge in [0.2, 0.25) is 0 Å². The largest absolute Gasteiger partial charge is 0.372 e. The first-order valence-corrected chi connectivity index (χ1v) is 6.86. The molecular formula is C6H16O2Si. The highest BCUT2D eigenvalue weighted by Gasteiger charge is 2.24. The maximum Gasteiger partial charge on any atom is 0.137 e. The van der Waals surface area contributed by atoms with Crippen LogP contribution in [0.3, 0.4) is 0 Å². The third-order valence-corrected chi connectivity index (χ3v) is 2.71. The Morgan fingerprint density at radius 2 is 1.89 bits per heavy atom. The van der Waals surface area contributed by atoms with Gasteiger partial charge in [0, 0.05) is 6.61 Å². The predicted octanol–water partition coefficient (Wildman–Crippen LogP) is 1.22. The van der Waals surface area contributed by atoms with Crippen molar-refractivity contribution in [2.75, 3.05) is 6.61 Å². The first kappa shape index (κ1) is 9.14. The summed E-state index contributed by atoms with van der Waals surface area (Å²) in [6, 6.07) is 0. The van der Waals surface area contributed by atoms with E-state index in [0.29, 0.717) is 6.61 Å². The van der Waals surface area contributed by atoms with Crippen molar-refractivity contribution in [3.05, 3.63) is 0 Å². The van der Waals surface area contributed by atoms with E-state index in [1.807, 2.05) is 6.92 Å². The Hall–Kier alpha value is 0.137. The third kappa shape index (κ3) is 3.67. The van der Waals surface area contributed by atoms with E-state index in [-0.39, 0.29) is 0 Å². The molecule has 0 rings (SSSR count). The SMILES string of the molecule is CCOC(O)[Si](C)(C)C. The molecule has 0 saturated heterocycles. The van der Waals surface area contributed by atoms with E-state index >= 15 is 0 Å². The van der Waals surface area contributed by atoms with Crippen molar-refractivity contribution in [1.29, 1.82) is 0 Å². The summed E-state index contributed by atoms with van der Waals surface area (Å²) in [4.78, 5) is 0. The molecule has 9 heavy (non-hydrogen) atoms. The van der Waals surface area contributed by atoms with E-state index in [9.17, 15) is 5.11 Å². The van der Waals surface area contributed by atoms with Crippen LogP contribution in [0.5, 0.6) is 0 Å². The monoisotopic (exact) mass is 148 g/mol. The molecule has 0 saturated carbocycles. The van der Waals surface area contributed by atoms with Crippen molar-refractivity contribution < 1.29 is 9.84 Å². The Bertz CT molecular complexity index is 77.6. The van der Waals surface area contributed by atoms with E-state index in [1.54, 1.807) is 0 Å². The minimum absolute atomic E-state index is 0.498. The number of hydrogen-bond acceptors (Lipinski definition) is 2. The fraction of sp³-hybridized carbons (Fsp3) is 1.00. The van der Waals surface area contributed by atoms with Gasteiger partial charge in [-0.15, -0.1) is 0 Å². The summed E-state index contributed by atoms with van der Waals surface area (Å²) in [6.45, 7) is 8.72. The topological polar surface area (TPSA) is 29.5 Å². The highest BCUT2D eigenvalue weighted by Crippen LogP contribution is 2.07. The predicted molar refractivity (Wildman–Crippen MR) is 41.0 cm³/mol. The van der Waals surface area contributed by atoms with Crippen molar-refractivity contribution in [2.24, 2.45) is 0 Å². The van der Waals surface area contributed by atoms with Gasteiger partial charge < -0.3 is 9.84 Å². The zero-order chi connectivity index (χ0) is 7.49. The molecule has 0 amide bonds. The number of hydrogen-bond donors (Lipinski definition) is 1. The molecule has 0 spiro atoms. The minimum Gasteiger partial charge on any atom is -0.372 e. The average Bonchev–Trinajstić information content (AvgIpc) is 1.64. The molecule has 2 nitrogen and oxygen atoms in total. The van der Waals surface area contributed by atoms with Gasteiger partial charge in [-0.1, -0.05) is 19.6 Å². The minimum atomic E-state index is -1.45. The van der Waals surface area contributed by atoms with Crippen LogP contribution in [-0.2, 0) is 4.74 Å². The first-order chi connectivity index (χ1) is 3.98. The lowest BCUT2D eigenvalue weighted by atomic mass is 10.9. The summed E-state index contributed by atoms with van der Waals surface area (Å²) in [5.41, 5.74) is 0. The molecule has 0 bridgehead atoms. The molecule has 0 aromatic rings. The molecular weight excluding hydrogens is 132 g/mol. The second-order valence-corrected chi connectivity index (χ2v) is 8.40. The average molecular weight is 148 g/mol. The molecule has 0 aliphatic carbocycles. The van der Waals surface area contributed by atoms with Gasteiger partial charge in [-0.2, -0.15) is 0 Å². The van der Waals surface area contributed by atoms with Crippen molar-refractivity contribution in [2.45, 2.75) is 32.5 Å². The Morgan fingerprint density at radius 3 is 2.00 bits per heavy atom. The maximum absolute atomic E-state index is 9.23. The van der Waals surface area contributed by atoms with Crippen LogP contribution in [0.1, 0.15) is 6.92 Å². The highest BCUT2D eigenvalue weighted by molar-refractivity contribution is 6.76. The van der Waals surface area contributed by atoms with Gasteiger partial charge in [-0.25, -0.2) is 0 Å². The Balaban J connectivity index is 3.59. The van der Waals surface area contributed by atoms with Crippen molar-refractivity contribution in [3.8, 4) is 0 Å². The molecule has 56 valence electrons. The zero-order valence-electron chi connectivity index (χ0n) is 6.64. The van der Waals surface area contributed by atoms with E-state index in [4.69, 9.17) is 4.74 Å². The van der Waals surface area contributed by atoms with Crippen molar-refractivity contribution in [3.63, 3.8) is 0 Å². The summed E-state index contributed by atoms with van der Waals surface area (Å²) in [6.07, 6.45) is 0. The van der Waals surface area contributed by atoms with E-state index < -0.39 is 14.0 Å². The third-order valence-electron chi connectivity index (χ3n) is 1.07. The molecule has 0 aromatic heterocycles. The molecule has 1 N–H and O–H groups in total. The van der Waals surface area contributed by atoms with Gasteiger partial charge in [0.05, 0.1) is 0 Å². The molecule has 0 aliphatic heterocycles.